The number of benzene rings is 5. The van der Waals surface area contributed by atoms with Gasteiger partial charge < -0.3 is 4.90 Å². The van der Waals surface area contributed by atoms with Gasteiger partial charge in [0.25, 0.3) is 0 Å². The molecule has 0 bridgehead atoms. The van der Waals surface area contributed by atoms with Gasteiger partial charge in [0.1, 0.15) is 0 Å². The number of para-hydroxylation sites is 2. The maximum atomic E-state index is 3.18. The Labute approximate surface area is 159 Å². The second kappa shape index (κ2) is 6.62. The van der Waals surface area contributed by atoms with Gasteiger partial charge in [0.05, 0.1) is 0 Å². The largest absolute Gasteiger partial charge is 0.310 e. The molecule has 0 saturated heterocycles. The number of hydrogen-bond donors (Lipinski definition) is 0. The van der Waals surface area contributed by atoms with E-state index in [1.165, 1.54) is 21.5 Å². The summed E-state index contributed by atoms with van der Waals surface area (Å²) in [5.74, 6) is 0. The second-order valence-corrected chi connectivity index (χ2v) is 6.66. The fraction of sp³-hybridized carbons (Fsp3) is 0. The third-order valence-corrected chi connectivity index (χ3v) is 4.91. The highest BCUT2D eigenvalue weighted by atomic mass is 15.1. The molecule has 5 rings (SSSR count). The highest BCUT2D eigenvalue weighted by Gasteiger charge is 2.12. The Morgan fingerprint density at radius 2 is 1.11 bits per heavy atom. The van der Waals surface area contributed by atoms with E-state index in [0.717, 1.165) is 17.1 Å². The molecule has 0 saturated carbocycles. The van der Waals surface area contributed by atoms with E-state index in [9.17, 15) is 0 Å². The smallest absolute Gasteiger partial charge is 0.0468 e. The third-order valence-electron chi connectivity index (χ3n) is 4.91. The molecule has 0 spiro atoms. The molecule has 0 aromatic heterocycles. The summed E-state index contributed by atoms with van der Waals surface area (Å²) in [6.45, 7) is 0. The van der Waals surface area contributed by atoms with Crippen molar-refractivity contribution < 1.29 is 0 Å². The average Bonchev–Trinajstić information content (AvgIpc) is 2.74. The molecule has 0 N–H and O–H groups in total. The molecule has 0 heterocycles. The first-order chi connectivity index (χ1) is 13.4. The minimum Gasteiger partial charge on any atom is -0.310 e. The van der Waals surface area contributed by atoms with Crippen molar-refractivity contribution in [2.45, 2.75) is 0 Å². The Hall–Kier alpha value is -3.58. The summed E-state index contributed by atoms with van der Waals surface area (Å²) >= 11 is 0. The molecule has 5 aromatic carbocycles. The Morgan fingerprint density at radius 3 is 1.81 bits per heavy atom. The van der Waals surface area contributed by atoms with Gasteiger partial charge in [0.2, 0.25) is 0 Å². The van der Waals surface area contributed by atoms with Gasteiger partial charge in [0.15, 0.2) is 0 Å². The fourth-order valence-corrected chi connectivity index (χ4v) is 3.61. The van der Waals surface area contributed by atoms with Crippen LogP contribution in [0, 0.1) is 6.07 Å². The molecule has 0 aliphatic heterocycles. The normalized spacial score (nSPS) is 11.0. The van der Waals surface area contributed by atoms with Crippen molar-refractivity contribution in [2.24, 2.45) is 0 Å². The van der Waals surface area contributed by atoms with Gasteiger partial charge in [-0.3, -0.25) is 0 Å². The van der Waals surface area contributed by atoms with Crippen LogP contribution in [0.15, 0.2) is 109 Å². The fourth-order valence-electron chi connectivity index (χ4n) is 3.61. The molecule has 0 aliphatic carbocycles. The number of fused-ring (bicyclic) bond motifs is 2. The molecule has 0 fully saturated rings. The van der Waals surface area contributed by atoms with Crippen molar-refractivity contribution in [3.8, 4) is 0 Å². The summed E-state index contributed by atoms with van der Waals surface area (Å²) in [5, 5.41) is 4.94. The molecule has 1 nitrogen and oxygen atoms in total. The SMILES string of the molecule is [c]1ccc2cc3ccc(N(c4ccccc4)c4ccccc4)cc3cc2c1. The summed E-state index contributed by atoms with van der Waals surface area (Å²) in [6, 6.07) is 41.5. The maximum absolute atomic E-state index is 3.18. The summed E-state index contributed by atoms with van der Waals surface area (Å²) in [6.07, 6.45) is 0. The van der Waals surface area contributed by atoms with Crippen LogP contribution in [0.2, 0.25) is 0 Å². The molecule has 0 aliphatic rings. The first-order valence-corrected chi connectivity index (χ1v) is 9.12. The Bertz CT molecular complexity index is 1170. The zero-order chi connectivity index (χ0) is 18.1. The predicted octanol–water partition coefficient (Wildman–Crippen LogP) is 7.26. The minimum atomic E-state index is 1.15. The van der Waals surface area contributed by atoms with Gasteiger partial charge in [-0.15, -0.1) is 0 Å². The quantitative estimate of drug-likeness (QED) is 0.311. The standard InChI is InChI=1S/C26H18N/c1-3-11-24(12-4-1)27(25-13-5-2-6-14-25)26-16-15-22-17-20-9-7-8-10-21(20)18-23(22)19-26/h1-7,9-19H. The summed E-state index contributed by atoms with van der Waals surface area (Å²) in [7, 11) is 0. The lowest BCUT2D eigenvalue weighted by Crippen LogP contribution is -2.09. The predicted molar refractivity (Wildman–Crippen MR) is 115 cm³/mol. The molecule has 1 heteroatoms. The van der Waals surface area contributed by atoms with Crippen LogP contribution in [0.5, 0.6) is 0 Å². The monoisotopic (exact) mass is 344 g/mol. The van der Waals surface area contributed by atoms with Crippen LogP contribution in [0.3, 0.4) is 0 Å². The van der Waals surface area contributed by atoms with E-state index >= 15 is 0 Å². The molecule has 0 atom stereocenters. The van der Waals surface area contributed by atoms with Gasteiger partial charge >= 0.3 is 0 Å². The Balaban J connectivity index is 1.71. The number of nitrogens with zero attached hydrogens (tertiary/aromatic N) is 1. The van der Waals surface area contributed by atoms with Crippen LogP contribution in [0.4, 0.5) is 17.1 Å². The summed E-state index contributed by atoms with van der Waals surface area (Å²) < 4.78 is 0. The number of anilines is 3. The molecule has 1 radical (unpaired) electrons. The van der Waals surface area contributed by atoms with Crippen LogP contribution in [0.25, 0.3) is 21.5 Å². The van der Waals surface area contributed by atoms with Gasteiger partial charge in [0, 0.05) is 17.1 Å². The van der Waals surface area contributed by atoms with Gasteiger partial charge in [-0.05, 0) is 82.2 Å². The van der Waals surface area contributed by atoms with Gasteiger partial charge in [-0.2, -0.15) is 0 Å². The topological polar surface area (TPSA) is 3.24 Å². The summed E-state index contributed by atoms with van der Waals surface area (Å²) in [4.78, 5) is 2.29. The highest BCUT2D eigenvalue weighted by molar-refractivity contribution is 6.00. The number of rotatable bonds is 3. The second-order valence-electron chi connectivity index (χ2n) is 6.66. The van der Waals surface area contributed by atoms with Crippen molar-refractivity contribution in [1.82, 2.24) is 0 Å². The summed E-state index contributed by atoms with van der Waals surface area (Å²) in [5.41, 5.74) is 3.45. The first kappa shape index (κ1) is 15.7. The highest BCUT2D eigenvalue weighted by Crippen LogP contribution is 2.36. The lowest BCUT2D eigenvalue weighted by molar-refractivity contribution is 1.29. The van der Waals surface area contributed by atoms with Gasteiger partial charge in [-0.25, -0.2) is 0 Å². The first-order valence-electron chi connectivity index (χ1n) is 9.12. The van der Waals surface area contributed by atoms with Crippen molar-refractivity contribution in [2.75, 3.05) is 4.90 Å². The Kier molecular flexibility index (Phi) is 3.84. The van der Waals surface area contributed by atoms with Crippen LogP contribution in [-0.2, 0) is 0 Å². The van der Waals surface area contributed by atoms with Crippen LogP contribution >= 0.6 is 0 Å². The molecular weight excluding hydrogens is 326 g/mol. The van der Waals surface area contributed by atoms with E-state index in [0.29, 0.717) is 0 Å². The molecule has 127 valence electrons. The number of hydrogen-bond acceptors (Lipinski definition) is 1. The van der Waals surface area contributed by atoms with Crippen molar-refractivity contribution in [3.05, 3.63) is 115 Å². The van der Waals surface area contributed by atoms with Gasteiger partial charge in [-0.1, -0.05) is 54.6 Å². The average molecular weight is 344 g/mol. The molecule has 5 aromatic rings. The van der Waals surface area contributed by atoms with E-state index in [1.54, 1.807) is 0 Å². The maximum Gasteiger partial charge on any atom is 0.0468 e. The van der Waals surface area contributed by atoms with E-state index in [4.69, 9.17) is 0 Å². The van der Waals surface area contributed by atoms with Crippen LogP contribution in [0.1, 0.15) is 0 Å². The third kappa shape index (κ3) is 2.94. The minimum absolute atomic E-state index is 1.15. The lowest BCUT2D eigenvalue weighted by Gasteiger charge is -2.25. The molecule has 0 unspecified atom stereocenters. The van der Waals surface area contributed by atoms with Crippen molar-refractivity contribution in [3.63, 3.8) is 0 Å². The lowest BCUT2D eigenvalue weighted by atomic mass is 10.0. The van der Waals surface area contributed by atoms with E-state index in [-0.39, 0.29) is 0 Å². The zero-order valence-electron chi connectivity index (χ0n) is 14.8. The Morgan fingerprint density at radius 1 is 0.481 bits per heavy atom. The van der Waals surface area contributed by atoms with Crippen LogP contribution in [-0.4, -0.2) is 0 Å². The van der Waals surface area contributed by atoms with Crippen molar-refractivity contribution >= 4 is 38.6 Å². The molecule has 0 amide bonds. The zero-order valence-corrected chi connectivity index (χ0v) is 14.8. The van der Waals surface area contributed by atoms with Crippen LogP contribution < -0.4 is 4.90 Å². The molecule has 27 heavy (non-hydrogen) atoms. The van der Waals surface area contributed by atoms with Crippen molar-refractivity contribution in [1.29, 1.82) is 0 Å². The molecular formula is C26H18N. The van der Waals surface area contributed by atoms with E-state index < -0.39 is 0 Å². The van der Waals surface area contributed by atoms with E-state index in [1.807, 2.05) is 12.1 Å². The van der Waals surface area contributed by atoms with E-state index in [2.05, 4.69) is 108 Å².